The number of carbonyl (C=O) groups excluding carboxylic acids is 1. The smallest absolute Gasteiger partial charge is 0.180 e. The summed E-state index contributed by atoms with van der Waals surface area (Å²) in [5.74, 6) is 0.118. The minimum absolute atomic E-state index is 0.0851. The van der Waals surface area contributed by atoms with Gasteiger partial charge >= 0.3 is 0 Å². The monoisotopic (exact) mass is 282 g/mol. The molecule has 0 amide bonds. The third kappa shape index (κ3) is 4.46. The Balaban J connectivity index is 2.91. The molecule has 0 heterocycles. The van der Waals surface area contributed by atoms with Crippen LogP contribution < -0.4 is 0 Å². The third-order valence-electron chi connectivity index (χ3n) is 3.13. The fourth-order valence-corrected chi connectivity index (χ4v) is 3.99. The second-order valence-electron chi connectivity index (χ2n) is 5.18. The van der Waals surface area contributed by atoms with Gasteiger partial charge in [0.1, 0.15) is 5.25 Å². The van der Waals surface area contributed by atoms with Gasteiger partial charge in [-0.05, 0) is 18.8 Å². The Morgan fingerprint density at radius 3 is 2.21 bits per heavy atom. The quantitative estimate of drug-likeness (QED) is 0.722. The number of Topliss-reactive ketones (excluding diaryl/α,β-unsaturated/α-hetero) is 1. The van der Waals surface area contributed by atoms with Gasteiger partial charge in [-0.25, -0.2) is 8.42 Å². The summed E-state index contributed by atoms with van der Waals surface area (Å²) in [5.41, 5.74) is 0.475. The van der Waals surface area contributed by atoms with E-state index in [9.17, 15) is 13.2 Å². The zero-order chi connectivity index (χ0) is 14.5. The van der Waals surface area contributed by atoms with Crippen molar-refractivity contribution >= 4 is 15.6 Å². The topological polar surface area (TPSA) is 51.2 Å². The molecule has 0 aliphatic heterocycles. The van der Waals surface area contributed by atoms with E-state index in [4.69, 9.17) is 0 Å². The van der Waals surface area contributed by atoms with Gasteiger partial charge in [0.05, 0.1) is 5.75 Å². The van der Waals surface area contributed by atoms with E-state index < -0.39 is 15.1 Å². The van der Waals surface area contributed by atoms with Crippen LogP contribution in [0.5, 0.6) is 0 Å². The van der Waals surface area contributed by atoms with Crippen molar-refractivity contribution in [3.8, 4) is 0 Å². The van der Waals surface area contributed by atoms with Crippen molar-refractivity contribution < 1.29 is 13.2 Å². The third-order valence-corrected chi connectivity index (χ3v) is 5.35. The van der Waals surface area contributed by atoms with Gasteiger partial charge in [-0.3, -0.25) is 4.79 Å². The number of sulfone groups is 1. The van der Waals surface area contributed by atoms with Gasteiger partial charge in [-0.15, -0.1) is 0 Å². The molecule has 0 N–H and O–H groups in total. The van der Waals surface area contributed by atoms with E-state index >= 15 is 0 Å². The minimum atomic E-state index is -3.36. The van der Waals surface area contributed by atoms with Crippen molar-refractivity contribution in [2.75, 3.05) is 5.75 Å². The molecule has 0 radical (unpaired) electrons. The molecule has 3 nitrogen and oxygen atoms in total. The summed E-state index contributed by atoms with van der Waals surface area (Å²) in [7, 11) is -3.36. The molecule has 106 valence electrons. The van der Waals surface area contributed by atoms with Gasteiger partial charge in [0.15, 0.2) is 15.6 Å². The summed E-state index contributed by atoms with van der Waals surface area (Å²) >= 11 is 0. The maximum atomic E-state index is 12.3. The Hall–Kier alpha value is -1.16. The first-order chi connectivity index (χ1) is 8.88. The normalized spacial score (nSPS) is 13.5. The highest BCUT2D eigenvalue weighted by molar-refractivity contribution is 7.92. The molecular weight excluding hydrogens is 260 g/mol. The molecule has 0 aliphatic carbocycles. The van der Waals surface area contributed by atoms with Crippen LogP contribution in [-0.2, 0) is 9.84 Å². The highest BCUT2D eigenvalue weighted by atomic mass is 32.2. The standard InChI is InChI=1S/C15H22O3S/c1-4-14(19(17,18)11-10-12(2)3)15(16)13-8-6-5-7-9-13/h5-9,12,14H,4,10-11H2,1-3H3. The molecule has 19 heavy (non-hydrogen) atoms. The van der Waals surface area contributed by atoms with E-state index in [0.717, 1.165) is 0 Å². The van der Waals surface area contributed by atoms with Crippen LogP contribution in [0.2, 0.25) is 0 Å². The molecule has 0 aliphatic rings. The Kier molecular flexibility index (Phi) is 5.73. The first-order valence-corrected chi connectivity index (χ1v) is 8.40. The summed E-state index contributed by atoms with van der Waals surface area (Å²) in [6.45, 7) is 5.71. The molecule has 1 unspecified atom stereocenters. The summed E-state index contributed by atoms with van der Waals surface area (Å²) in [5, 5.41) is -0.909. The Labute approximate surface area is 116 Å². The lowest BCUT2D eigenvalue weighted by molar-refractivity contribution is 0.0985. The van der Waals surface area contributed by atoms with E-state index in [-0.39, 0.29) is 11.5 Å². The predicted molar refractivity (Wildman–Crippen MR) is 78.1 cm³/mol. The number of carbonyl (C=O) groups is 1. The van der Waals surface area contributed by atoms with Crippen molar-refractivity contribution in [3.05, 3.63) is 35.9 Å². The van der Waals surface area contributed by atoms with Gasteiger partial charge in [0.25, 0.3) is 0 Å². The van der Waals surface area contributed by atoms with E-state index in [1.807, 2.05) is 19.9 Å². The van der Waals surface area contributed by atoms with Gasteiger partial charge < -0.3 is 0 Å². The van der Waals surface area contributed by atoms with E-state index in [1.165, 1.54) is 0 Å². The van der Waals surface area contributed by atoms with Crippen LogP contribution in [0, 0.1) is 5.92 Å². The van der Waals surface area contributed by atoms with Gasteiger partial charge in [-0.1, -0.05) is 51.1 Å². The van der Waals surface area contributed by atoms with Gasteiger partial charge in [0.2, 0.25) is 0 Å². The van der Waals surface area contributed by atoms with Crippen LogP contribution in [-0.4, -0.2) is 25.2 Å². The second-order valence-corrected chi connectivity index (χ2v) is 7.48. The van der Waals surface area contributed by atoms with Crippen molar-refractivity contribution in [1.29, 1.82) is 0 Å². The SMILES string of the molecule is CCC(C(=O)c1ccccc1)S(=O)(=O)CCC(C)C. The van der Waals surface area contributed by atoms with E-state index in [2.05, 4.69) is 0 Å². The molecule has 0 aromatic heterocycles. The number of hydrogen-bond donors (Lipinski definition) is 0. The molecule has 0 bridgehead atoms. The fourth-order valence-electron chi connectivity index (χ4n) is 1.93. The molecule has 1 atom stereocenters. The van der Waals surface area contributed by atoms with Crippen LogP contribution in [0.15, 0.2) is 30.3 Å². The molecule has 0 fully saturated rings. The molecule has 0 saturated heterocycles. The fraction of sp³-hybridized carbons (Fsp3) is 0.533. The summed E-state index contributed by atoms with van der Waals surface area (Å²) in [4.78, 5) is 12.3. The highest BCUT2D eigenvalue weighted by Gasteiger charge is 2.31. The van der Waals surface area contributed by atoms with Gasteiger partial charge in [-0.2, -0.15) is 0 Å². The zero-order valence-electron chi connectivity index (χ0n) is 11.8. The predicted octanol–water partition coefficient (Wildman–Crippen LogP) is 3.11. The average molecular weight is 282 g/mol. The average Bonchev–Trinajstić information content (AvgIpc) is 2.38. The van der Waals surface area contributed by atoms with Crippen LogP contribution in [0.3, 0.4) is 0 Å². The Morgan fingerprint density at radius 2 is 1.74 bits per heavy atom. The zero-order valence-corrected chi connectivity index (χ0v) is 12.6. The number of benzene rings is 1. The van der Waals surface area contributed by atoms with Crippen LogP contribution in [0.4, 0.5) is 0 Å². The van der Waals surface area contributed by atoms with Crippen molar-refractivity contribution in [2.45, 2.75) is 38.9 Å². The van der Waals surface area contributed by atoms with Crippen LogP contribution in [0.25, 0.3) is 0 Å². The largest absolute Gasteiger partial charge is 0.293 e. The summed E-state index contributed by atoms with van der Waals surface area (Å²) in [6, 6.07) is 8.65. The summed E-state index contributed by atoms with van der Waals surface area (Å²) in [6.07, 6.45) is 0.926. The Morgan fingerprint density at radius 1 is 1.16 bits per heavy atom. The maximum Gasteiger partial charge on any atom is 0.180 e. The maximum absolute atomic E-state index is 12.3. The van der Waals surface area contributed by atoms with E-state index in [0.29, 0.717) is 24.3 Å². The second kappa shape index (κ2) is 6.85. The van der Waals surface area contributed by atoms with Crippen molar-refractivity contribution in [2.24, 2.45) is 5.92 Å². The number of ketones is 1. The molecule has 4 heteroatoms. The summed E-state index contributed by atoms with van der Waals surface area (Å²) < 4.78 is 24.5. The molecule has 0 spiro atoms. The first kappa shape index (κ1) is 15.9. The van der Waals surface area contributed by atoms with Crippen molar-refractivity contribution in [3.63, 3.8) is 0 Å². The lowest BCUT2D eigenvalue weighted by atomic mass is 10.1. The number of rotatable bonds is 7. The molecule has 1 rings (SSSR count). The van der Waals surface area contributed by atoms with E-state index in [1.54, 1.807) is 31.2 Å². The van der Waals surface area contributed by atoms with Crippen LogP contribution >= 0.6 is 0 Å². The molecule has 1 aromatic carbocycles. The lowest BCUT2D eigenvalue weighted by Crippen LogP contribution is -2.32. The first-order valence-electron chi connectivity index (χ1n) is 6.69. The van der Waals surface area contributed by atoms with Crippen LogP contribution in [0.1, 0.15) is 44.0 Å². The molecule has 0 saturated carbocycles. The number of hydrogen-bond acceptors (Lipinski definition) is 3. The molecular formula is C15H22O3S. The van der Waals surface area contributed by atoms with Crippen molar-refractivity contribution in [1.82, 2.24) is 0 Å². The Bertz CT molecular complexity index is 503. The minimum Gasteiger partial charge on any atom is -0.293 e. The lowest BCUT2D eigenvalue weighted by Gasteiger charge is -2.15. The molecule has 1 aromatic rings. The van der Waals surface area contributed by atoms with Gasteiger partial charge in [0, 0.05) is 5.56 Å². The highest BCUT2D eigenvalue weighted by Crippen LogP contribution is 2.16.